The molecule has 9 heteroatoms. The number of carbonyl (C=O) groups excluding carboxylic acids is 1. The molecule has 2 aliphatic heterocycles. The molecule has 0 aromatic carbocycles. The maximum absolute atomic E-state index is 11.8. The number of aryl methyl sites for hydroxylation is 2. The molecule has 1 amide bonds. The molecule has 0 unspecified atom stereocenters. The van der Waals surface area contributed by atoms with Crippen LogP contribution in [0.5, 0.6) is 0 Å². The highest BCUT2D eigenvalue weighted by Gasteiger charge is 2.25. The third kappa shape index (κ3) is 3.84. The van der Waals surface area contributed by atoms with Crippen LogP contribution in [-0.2, 0) is 16.1 Å². The molecule has 0 spiro atoms. The second-order valence-electron chi connectivity index (χ2n) is 7.34. The molecule has 8 nitrogen and oxygen atoms in total. The van der Waals surface area contributed by atoms with Gasteiger partial charge in [0.1, 0.15) is 23.1 Å². The smallest absolute Gasteiger partial charge is 0.248 e. The summed E-state index contributed by atoms with van der Waals surface area (Å²) in [6.45, 7) is 10.5. The highest BCUT2D eigenvalue weighted by atomic mass is 32.1. The molecule has 4 rings (SSSR count). The number of anilines is 1. The summed E-state index contributed by atoms with van der Waals surface area (Å²) in [7, 11) is 0. The number of ether oxygens (including phenoxy) is 1. The van der Waals surface area contributed by atoms with Gasteiger partial charge in [0.25, 0.3) is 0 Å². The molecule has 0 saturated carbocycles. The van der Waals surface area contributed by atoms with Crippen molar-refractivity contribution in [2.45, 2.75) is 20.4 Å². The number of thiophene rings is 1. The van der Waals surface area contributed by atoms with Gasteiger partial charge in [0.15, 0.2) is 0 Å². The van der Waals surface area contributed by atoms with E-state index in [1.54, 1.807) is 16.2 Å². The van der Waals surface area contributed by atoms with Crippen molar-refractivity contribution in [3.63, 3.8) is 0 Å². The summed E-state index contributed by atoms with van der Waals surface area (Å²) in [4.78, 5) is 30.2. The maximum Gasteiger partial charge on any atom is 0.248 e. The van der Waals surface area contributed by atoms with Crippen molar-refractivity contribution in [3.8, 4) is 0 Å². The number of nitrogens with zero attached hydrogens (tertiary/aromatic N) is 5. The van der Waals surface area contributed by atoms with Crippen molar-refractivity contribution in [1.82, 2.24) is 19.8 Å². The fourth-order valence-corrected chi connectivity index (χ4v) is 4.84. The molecule has 0 aliphatic carbocycles. The first-order chi connectivity index (χ1) is 13.6. The number of piperazine rings is 1. The lowest BCUT2D eigenvalue weighted by atomic mass is 10.2. The highest BCUT2D eigenvalue weighted by molar-refractivity contribution is 7.18. The zero-order valence-electron chi connectivity index (χ0n) is 16.5. The van der Waals surface area contributed by atoms with Gasteiger partial charge in [0.05, 0.1) is 25.1 Å². The van der Waals surface area contributed by atoms with Crippen molar-refractivity contribution < 1.29 is 14.6 Å². The van der Waals surface area contributed by atoms with E-state index in [0.717, 1.165) is 54.7 Å². The Morgan fingerprint density at radius 3 is 2.50 bits per heavy atom. The van der Waals surface area contributed by atoms with Crippen molar-refractivity contribution in [2.24, 2.45) is 0 Å². The minimum atomic E-state index is -0.426. The SMILES string of the molecule is Cc1sc2nc(CN3CCOCC3)nc(N3CCN(C(=O)CO)CC3)c2c1C. The second kappa shape index (κ2) is 8.28. The second-order valence-corrected chi connectivity index (χ2v) is 8.54. The fourth-order valence-electron chi connectivity index (χ4n) is 3.80. The normalized spacial score (nSPS) is 18.8. The van der Waals surface area contributed by atoms with E-state index >= 15 is 0 Å². The molecule has 2 aromatic rings. The van der Waals surface area contributed by atoms with Crippen LogP contribution in [0.25, 0.3) is 10.2 Å². The van der Waals surface area contributed by atoms with Crippen molar-refractivity contribution in [2.75, 3.05) is 64.0 Å². The largest absolute Gasteiger partial charge is 0.387 e. The number of rotatable bonds is 4. The molecular weight excluding hydrogens is 378 g/mol. The Morgan fingerprint density at radius 1 is 1.11 bits per heavy atom. The summed E-state index contributed by atoms with van der Waals surface area (Å²) < 4.78 is 5.45. The molecule has 0 atom stereocenters. The Bertz CT molecular complexity index is 857. The summed E-state index contributed by atoms with van der Waals surface area (Å²) in [5.41, 5.74) is 1.24. The molecule has 2 fully saturated rings. The first-order valence-electron chi connectivity index (χ1n) is 9.77. The topological polar surface area (TPSA) is 82.0 Å². The van der Waals surface area contributed by atoms with E-state index in [9.17, 15) is 4.79 Å². The number of fused-ring (bicyclic) bond motifs is 1. The summed E-state index contributed by atoms with van der Waals surface area (Å²) in [5, 5.41) is 10.2. The third-order valence-electron chi connectivity index (χ3n) is 5.59. The van der Waals surface area contributed by atoms with Gasteiger partial charge >= 0.3 is 0 Å². The molecule has 4 heterocycles. The van der Waals surface area contributed by atoms with Gasteiger partial charge in [0, 0.05) is 44.1 Å². The van der Waals surface area contributed by atoms with Crippen LogP contribution in [0.15, 0.2) is 0 Å². The average Bonchev–Trinajstić information content (AvgIpc) is 3.01. The van der Waals surface area contributed by atoms with Gasteiger partial charge in [-0.05, 0) is 19.4 Å². The Balaban J connectivity index is 1.63. The van der Waals surface area contributed by atoms with Gasteiger partial charge in [0.2, 0.25) is 5.91 Å². The molecule has 152 valence electrons. The van der Waals surface area contributed by atoms with Crippen LogP contribution in [0, 0.1) is 13.8 Å². The van der Waals surface area contributed by atoms with Gasteiger partial charge in [-0.25, -0.2) is 9.97 Å². The standard InChI is InChI=1S/C19H27N5O3S/c1-13-14(2)28-19-17(13)18(24-5-3-23(4-6-24)16(26)12-25)20-15(21-19)11-22-7-9-27-10-8-22/h25H,3-12H2,1-2H3. The van der Waals surface area contributed by atoms with E-state index in [-0.39, 0.29) is 5.91 Å². The summed E-state index contributed by atoms with van der Waals surface area (Å²) in [6, 6.07) is 0. The summed E-state index contributed by atoms with van der Waals surface area (Å²) in [6.07, 6.45) is 0. The lowest BCUT2D eigenvalue weighted by molar-refractivity contribution is -0.134. The van der Waals surface area contributed by atoms with Crippen LogP contribution in [0.2, 0.25) is 0 Å². The van der Waals surface area contributed by atoms with Gasteiger partial charge in [-0.2, -0.15) is 0 Å². The van der Waals surface area contributed by atoms with Crippen LogP contribution < -0.4 is 4.90 Å². The third-order valence-corrected chi connectivity index (χ3v) is 6.69. The Morgan fingerprint density at radius 2 is 1.82 bits per heavy atom. The number of carbonyl (C=O) groups is 1. The maximum atomic E-state index is 11.8. The summed E-state index contributed by atoms with van der Waals surface area (Å²) in [5.74, 6) is 1.62. The van der Waals surface area contributed by atoms with E-state index in [2.05, 4.69) is 23.6 Å². The molecule has 0 radical (unpaired) electrons. The highest BCUT2D eigenvalue weighted by Crippen LogP contribution is 2.35. The monoisotopic (exact) mass is 405 g/mol. The van der Waals surface area contributed by atoms with E-state index in [4.69, 9.17) is 19.8 Å². The molecule has 1 N–H and O–H groups in total. The number of aromatic nitrogens is 2. The van der Waals surface area contributed by atoms with E-state index in [0.29, 0.717) is 26.2 Å². The van der Waals surface area contributed by atoms with Crippen LogP contribution in [0.4, 0.5) is 5.82 Å². The number of morpholine rings is 1. The van der Waals surface area contributed by atoms with Gasteiger partial charge in [-0.15, -0.1) is 11.3 Å². The predicted molar refractivity (Wildman–Crippen MR) is 109 cm³/mol. The minimum absolute atomic E-state index is 0.206. The number of aliphatic hydroxyl groups excluding tert-OH is 1. The van der Waals surface area contributed by atoms with E-state index in [1.165, 1.54) is 10.4 Å². The Kier molecular flexibility index (Phi) is 5.77. The molecular formula is C19H27N5O3S. The molecule has 0 bridgehead atoms. The van der Waals surface area contributed by atoms with Gasteiger partial charge < -0.3 is 19.6 Å². The van der Waals surface area contributed by atoms with Crippen molar-refractivity contribution in [3.05, 3.63) is 16.3 Å². The Hall–Kier alpha value is -1.81. The zero-order chi connectivity index (χ0) is 19.7. The van der Waals surface area contributed by atoms with Crippen molar-refractivity contribution >= 4 is 33.3 Å². The van der Waals surface area contributed by atoms with Crippen LogP contribution in [0.1, 0.15) is 16.3 Å². The number of amides is 1. The average molecular weight is 406 g/mol. The number of hydrogen-bond acceptors (Lipinski definition) is 8. The first kappa shape index (κ1) is 19.5. The molecule has 2 saturated heterocycles. The minimum Gasteiger partial charge on any atom is -0.387 e. The fraction of sp³-hybridized carbons (Fsp3) is 0.632. The van der Waals surface area contributed by atoms with E-state index in [1.807, 2.05) is 0 Å². The number of hydrogen-bond donors (Lipinski definition) is 1. The predicted octanol–water partition coefficient (Wildman–Crippen LogP) is 0.781. The van der Waals surface area contributed by atoms with Gasteiger partial charge in [-0.3, -0.25) is 9.69 Å². The van der Waals surface area contributed by atoms with Crippen LogP contribution in [-0.4, -0.2) is 89.9 Å². The molecule has 28 heavy (non-hydrogen) atoms. The van der Waals surface area contributed by atoms with Crippen molar-refractivity contribution in [1.29, 1.82) is 0 Å². The quantitative estimate of drug-likeness (QED) is 0.805. The summed E-state index contributed by atoms with van der Waals surface area (Å²) >= 11 is 1.72. The zero-order valence-corrected chi connectivity index (χ0v) is 17.3. The van der Waals surface area contributed by atoms with Crippen LogP contribution in [0.3, 0.4) is 0 Å². The molecule has 2 aliphatic rings. The first-order valence-corrected chi connectivity index (χ1v) is 10.6. The number of aliphatic hydroxyl groups is 1. The lowest BCUT2D eigenvalue weighted by Crippen LogP contribution is -2.50. The van der Waals surface area contributed by atoms with Crippen LogP contribution >= 0.6 is 11.3 Å². The van der Waals surface area contributed by atoms with E-state index < -0.39 is 6.61 Å². The lowest BCUT2D eigenvalue weighted by Gasteiger charge is -2.35. The Labute approximate surface area is 168 Å². The van der Waals surface area contributed by atoms with Gasteiger partial charge in [-0.1, -0.05) is 0 Å². The molecule has 2 aromatic heterocycles.